The van der Waals surface area contributed by atoms with Crippen LogP contribution in [0.1, 0.15) is 10.4 Å². The van der Waals surface area contributed by atoms with Gasteiger partial charge in [-0.1, -0.05) is 0 Å². The highest BCUT2D eigenvalue weighted by Gasteiger charge is 2.17. The van der Waals surface area contributed by atoms with Crippen LogP contribution < -0.4 is 15.4 Å². The number of rotatable bonds is 7. The number of hydrogen-bond acceptors (Lipinski definition) is 6. The zero-order chi connectivity index (χ0) is 16.0. The topological polar surface area (TPSA) is 130 Å². The number of nitrogens with zero attached hydrogens (tertiary/aromatic N) is 1. The minimum absolute atomic E-state index is 0.0266. The molecule has 1 aromatic rings. The molecule has 0 saturated heterocycles. The fourth-order valence-electron chi connectivity index (χ4n) is 1.54. The van der Waals surface area contributed by atoms with Gasteiger partial charge in [-0.05, 0) is 19.2 Å². The van der Waals surface area contributed by atoms with E-state index in [2.05, 4.69) is 15.4 Å². The van der Waals surface area contributed by atoms with Crippen LogP contribution in [0, 0.1) is 10.1 Å². The summed E-state index contributed by atoms with van der Waals surface area (Å²) in [7, 11) is -0.693. The van der Waals surface area contributed by atoms with E-state index in [0.717, 1.165) is 0 Å². The predicted octanol–water partition coefficient (Wildman–Crippen LogP) is -0.0845. The standard InChI is InChI=1S/C11H16N4O5S/c1-12-11(16)8-3-4-10(15(17)18)9(7-8)14-5-6-21(19,20)13-2/h3-4,7,13-14H,5-6H2,1-2H3,(H,12,16). The molecule has 0 radical (unpaired) electrons. The Bertz CT molecular complexity index is 644. The number of nitrogens with one attached hydrogen (secondary N) is 3. The normalized spacial score (nSPS) is 11.0. The average molecular weight is 316 g/mol. The van der Waals surface area contributed by atoms with Gasteiger partial charge < -0.3 is 10.6 Å². The second-order valence-corrected chi connectivity index (χ2v) is 6.06. The van der Waals surface area contributed by atoms with Gasteiger partial charge in [0.1, 0.15) is 5.69 Å². The predicted molar refractivity (Wildman–Crippen MR) is 77.8 cm³/mol. The molecule has 1 amide bonds. The quantitative estimate of drug-likeness (QED) is 0.476. The number of anilines is 1. The Balaban J connectivity index is 2.96. The maximum Gasteiger partial charge on any atom is 0.292 e. The summed E-state index contributed by atoms with van der Waals surface area (Å²) in [6.45, 7) is -0.0266. The Morgan fingerprint density at radius 1 is 1.33 bits per heavy atom. The third-order valence-electron chi connectivity index (χ3n) is 2.68. The number of nitro groups is 1. The first-order valence-corrected chi connectivity index (χ1v) is 7.61. The van der Waals surface area contributed by atoms with E-state index in [9.17, 15) is 23.3 Å². The van der Waals surface area contributed by atoms with E-state index in [-0.39, 0.29) is 29.2 Å². The maximum atomic E-state index is 11.5. The minimum Gasteiger partial charge on any atom is -0.378 e. The molecule has 3 N–H and O–H groups in total. The maximum absolute atomic E-state index is 11.5. The zero-order valence-corrected chi connectivity index (χ0v) is 12.4. The lowest BCUT2D eigenvalue weighted by molar-refractivity contribution is -0.384. The molecule has 0 heterocycles. The van der Waals surface area contributed by atoms with E-state index in [1.165, 1.54) is 32.3 Å². The van der Waals surface area contributed by atoms with Crippen molar-refractivity contribution in [2.45, 2.75) is 0 Å². The van der Waals surface area contributed by atoms with Crippen molar-refractivity contribution in [3.05, 3.63) is 33.9 Å². The Morgan fingerprint density at radius 2 is 2.00 bits per heavy atom. The van der Waals surface area contributed by atoms with Crippen LogP contribution in [0.4, 0.5) is 11.4 Å². The summed E-state index contributed by atoms with van der Waals surface area (Å²) in [5.41, 5.74) is 0.0963. The molecule has 1 rings (SSSR count). The number of carbonyl (C=O) groups is 1. The first kappa shape index (κ1) is 16.9. The van der Waals surface area contributed by atoms with Crippen LogP contribution in [-0.2, 0) is 10.0 Å². The van der Waals surface area contributed by atoms with Gasteiger partial charge in [0.25, 0.3) is 11.6 Å². The van der Waals surface area contributed by atoms with E-state index in [0.29, 0.717) is 0 Å². The number of sulfonamides is 1. The van der Waals surface area contributed by atoms with Crippen LogP contribution in [0.5, 0.6) is 0 Å². The van der Waals surface area contributed by atoms with Crippen molar-refractivity contribution >= 4 is 27.3 Å². The molecule has 0 bridgehead atoms. The molecular formula is C11H16N4O5S. The average Bonchev–Trinajstić information content (AvgIpc) is 2.45. The van der Waals surface area contributed by atoms with Crippen molar-refractivity contribution in [3.8, 4) is 0 Å². The highest BCUT2D eigenvalue weighted by Crippen LogP contribution is 2.25. The van der Waals surface area contributed by atoms with Crippen LogP contribution in [0.3, 0.4) is 0 Å². The molecule has 0 aliphatic carbocycles. The van der Waals surface area contributed by atoms with E-state index in [1.807, 2.05) is 0 Å². The lowest BCUT2D eigenvalue weighted by Gasteiger charge is -2.09. The van der Waals surface area contributed by atoms with Gasteiger partial charge in [-0.2, -0.15) is 0 Å². The monoisotopic (exact) mass is 316 g/mol. The van der Waals surface area contributed by atoms with Gasteiger partial charge in [-0.25, -0.2) is 13.1 Å². The summed E-state index contributed by atoms with van der Waals surface area (Å²) in [6.07, 6.45) is 0. The highest BCUT2D eigenvalue weighted by atomic mass is 32.2. The third-order valence-corrected chi connectivity index (χ3v) is 4.04. The van der Waals surface area contributed by atoms with Gasteiger partial charge in [0.2, 0.25) is 10.0 Å². The lowest BCUT2D eigenvalue weighted by Crippen LogP contribution is -2.26. The number of amides is 1. The summed E-state index contributed by atoms with van der Waals surface area (Å²) in [5.74, 6) is -0.638. The van der Waals surface area contributed by atoms with E-state index in [1.54, 1.807) is 0 Å². The summed E-state index contributed by atoms with van der Waals surface area (Å²) < 4.78 is 24.7. The summed E-state index contributed by atoms with van der Waals surface area (Å²) in [5, 5.41) is 16.0. The van der Waals surface area contributed by atoms with Crippen molar-refractivity contribution in [1.82, 2.24) is 10.0 Å². The number of hydrogen-bond donors (Lipinski definition) is 3. The second kappa shape index (κ2) is 6.99. The van der Waals surface area contributed by atoms with Crippen LogP contribution in [0.25, 0.3) is 0 Å². The van der Waals surface area contributed by atoms with Crippen molar-refractivity contribution in [1.29, 1.82) is 0 Å². The van der Waals surface area contributed by atoms with E-state index < -0.39 is 20.9 Å². The lowest BCUT2D eigenvalue weighted by atomic mass is 10.1. The van der Waals surface area contributed by atoms with Gasteiger partial charge in [0, 0.05) is 25.2 Å². The fourth-order valence-corrected chi connectivity index (χ4v) is 2.12. The van der Waals surface area contributed by atoms with Crippen molar-refractivity contribution in [3.63, 3.8) is 0 Å². The summed E-state index contributed by atoms with van der Waals surface area (Å²) >= 11 is 0. The zero-order valence-electron chi connectivity index (χ0n) is 11.5. The Labute approximate surface area is 121 Å². The molecular weight excluding hydrogens is 300 g/mol. The summed E-state index contributed by atoms with van der Waals surface area (Å²) in [4.78, 5) is 21.8. The molecule has 0 fully saturated rings. The van der Waals surface area contributed by atoms with Crippen LogP contribution in [0.2, 0.25) is 0 Å². The van der Waals surface area contributed by atoms with E-state index in [4.69, 9.17) is 0 Å². The van der Waals surface area contributed by atoms with Gasteiger partial charge in [0.15, 0.2) is 0 Å². The molecule has 9 nitrogen and oxygen atoms in total. The molecule has 116 valence electrons. The summed E-state index contributed by atoms with van der Waals surface area (Å²) in [6, 6.07) is 3.83. The van der Waals surface area contributed by atoms with Crippen molar-refractivity contribution in [2.24, 2.45) is 0 Å². The van der Waals surface area contributed by atoms with Crippen LogP contribution >= 0.6 is 0 Å². The Morgan fingerprint density at radius 3 is 2.52 bits per heavy atom. The van der Waals surface area contributed by atoms with Crippen molar-refractivity contribution < 1.29 is 18.1 Å². The van der Waals surface area contributed by atoms with Gasteiger partial charge in [-0.3, -0.25) is 14.9 Å². The van der Waals surface area contributed by atoms with Crippen molar-refractivity contribution in [2.75, 3.05) is 31.7 Å². The molecule has 0 spiro atoms. The minimum atomic E-state index is -3.42. The van der Waals surface area contributed by atoms with Crippen LogP contribution in [0.15, 0.2) is 18.2 Å². The van der Waals surface area contributed by atoms with E-state index >= 15 is 0 Å². The molecule has 0 aliphatic rings. The van der Waals surface area contributed by atoms with Gasteiger partial charge in [-0.15, -0.1) is 0 Å². The number of carbonyl (C=O) groups excluding carboxylic acids is 1. The van der Waals surface area contributed by atoms with Crippen LogP contribution in [-0.4, -0.2) is 45.6 Å². The smallest absolute Gasteiger partial charge is 0.292 e. The first-order chi connectivity index (χ1) is 9.80. The molecule has 0 aliphatic heterocycles. The molecule has 0 unspecified atom stereocenters. The van der Waals surface area contributed by atoms with Gasteiger partial charge in [0.05, 0.1) is 10.7 Å². The SMILES string of the molecule is CNC(=O)c1ccc([N+](=O)[O-])c(NCCS(=O)(=O)NC)c1. The third kappa shape index (κ3) is 4.68. The fraction of sp³-hybridized carbons (Fsp3) is 0.364. The molecule has 1 aromatic carbocycles. The number of benzene rings is 1. The first-order valence-electron chi connectivity index (χ1n) is 5.96. The molecule has 10 heteroatoms. The molecule has 0 atom stereocenters. The highest BCUT2D eigenvalue weighted by molar-refractivity contribution is 7.89. The molecule has 0 saturated carbocycles. The molecule has 0 aromatic heterocycles. The Hall–Kier alpha value is -2.20. The Kier molecular flexibility index (Phi) is 5.61. The second-order valence-electron chi connectivity index (χ2n) is 4.02. The molecule has 21 heavy (non-hydrogen) atoms. The number of nitro benzene ring substituents is 1. The largest absolute Gasteiger partial charge is 0.378 e. The van der Waals surface area contributed by atoms with Gasteiger partial charge >= 0.3 is 0 Å².